The van der Waals surface area contributed by atoms with Crippen LogP contribution in [0.1, 0.15) is 40.2 Å². The summed E-state index contributed by atoms with van der Waals surface area (Å²) in [6.45, 7) is 5.47. The van der Waals surface area contributed by atoms with Gasteiger partial charge in [0, 0.05) is 45.7 Å². The molecular weight excluding hydrogens is 422 g/mol. The number of aryl methyl sites for hydroxylation is 1. The average molecular weight is 452 g/mol. The van der Waals surface area contributed by atoms with Crippen molar-refractivity contribution in [2.75, 3.05) is 56.3 Å². The van der Waals surface area contributed by atoms with E-state index in [1.165, 1.54) is 35.1 Å². The molecule has 3 aliphatic rings. The van der Waals surface area contributed by atoms with Crippen LogP contribution in [-0.4, -0.2) is 79.4 Å². The number of hydrogen-bond acceptors (Lipinski definition) is 7. The van der Waals surface area contributed by atoms with Crippen molar-refractivity contribution in [1.29, 1.82) is 0 Å². The van der Waals surface area contributed by atoms with E-state index in [-0.39, 0.29) is 18.6 Å². The Kier molecular flexibility index (Phi) is 5.88. The summed E-state index contributed by atoms with van der Waals surface area (Å²) in [6, 6.07) is 5.44. The third-order valence-corrected chi connectivity index (χ3v) is 6.55. The second-order valence-electron chi connectivity index (χ2n) is 8.92. The lowest BCUT2D eigenvalue weighted by Crippen LogP contribution is -2.49. The van der Waals surface area contributed by atoms with Gasteiger partial charge in [0.05, 0.1) is 18.2 Å². The zero-order valence-electron chi connectivity index (χ0n) is 19.1. The topological polar surface area (TPSA) is 88.1 Å². The number of piperazine rings is 1. The monoisotopic (exact) mass is 451 g/mol. The Bertz CT molecular complexity index is 1030. The third kappa shape index (κ3) is 4.37. The molecule has 2 amide bonds. The van der Waals surface area contributed by atoms with E-state index in [2.05, 4.69) is 22.9 Å². The van der Waals surface area contributed by atoms with Crippen LogP contribution in [0, 0.1) is 6.92 Å². The van der Waals surface area contributed by atoms with Crippen molar-refractivity contribution in [3.63, 3.8) is 0 Å². The van der Waals surface area contributed by atoms with E-state index < -0.39 is 6.09 Å². The summed E-state index contributed by atoms with van der Waals surface area (Å²) >= 11 is 0. The van der Waals surface area contributed by atoms with E-state index in [0.29, 0.717) is 37.0 Å². The molecule has 1 atom stereocenters. The van der Waals surface area contributed by atoms with Gasteiger partial charge >= 0.3 is 6.09 Å². The number of amides is 2. The molecule has 174 valence electrons. The molecule has 5 rings (SSSR count). The molecular formula is C24H29N5O4. The molecule has 0 radical (unpaired) electrons. The number of aromatic nitrogens is 2. The largest absolute Gasteiger partial charge is 0.447 e. The first-order chi connectivity index (χ1) is 16.0. The Morgan fingerprint density at radius 1 is 1.15 bits per heavy atom. The number of ether oxygens (including phenoxy) is 2. The molecule has 1 aliphatic carbocycles. The van der Waals surface area contributed by atoms with Crippen molar-refractivity contribution in [3.8, 4) is 0 Å². The number of cyclic esters (lactones) is 1. The van der Waals surface area contributed by atoms with E-state index in [4.69, 9.17) is 14.5 Å². The molecule has 0 bridgehead atoms. The maximum atomic E-state index is 13.0. The van der Waals surface area contributed by atoms with E-state index in [9.17, 15) is 9.59 Å². The molecule has 4 heterocycles. The van der Waals surface area contributed by atoms with Gasteiger partial charge in [-0.1, -0.05) is 6.07 Å². The molecule has 1 unspecified atom stereocenters. The number of carbonyl (C=O) groups excluding carboxylic acids is 2. The molecule has 0 spiro atoms. The molecule has 9 heteroatoms. The number of rotatable bonds is 6. The van der Waals surface area contributed by atoms with Crippen LogP contribution in [0.5, 0.6) is 0 Å². The van der Waals surface area contributed by atoms with Crippen LogP contribution in [0.2, 0.25) is 0 Å². The molecule has 0 aromatic carbocycles. The van der Waals surface area contributed by atoms with Gasteiger partial charge in [-0.2, -0.15) is 0 Å². The normalized spacial score (nSPS) is 20.8. The van der Waals surface area contributed by atoms with Crippen LogP contribution >= 0.6 is 0 Å². The summed E-state index contributed by atoms with van der Waals surface area (Å²) in [7, 11) is 1.58. The molecule has 2 aliphatic heterocycles. The summed E-state index contributed by atoms with van der Waals surface area (Å²) in [5, 5.41) is 0. The van der Waals surface area contributed by atoms with Gasteiger partial charge in [-0.15, -0.1) is 0 Å². The highest BCUT2D eigenvalue weighted by atomic mass is 16.6. The minimum atomic E-state index is -0.450. The Labute approximate surface area is 193 Å². The molecule has 3 fully saturated rings. The molecule has 1 saturated carbocycles. The molecule has 2 aromatic rings. The van der Waals surface area contributed by atoms with Gasteiger partial charge < -0.3 is 19.3 Å². The van der Waals surface area contributed by atoms with Gasteiger partial charge in [-0.05, 0) is 48.9 Å². The number of pyridine rings is 2. The minimum absolute atomic E-state index is 0.0556. The maximum absolute atomic E-state index is 13.0. The first kappa shape index (κ1) is 21.6. The van der Waals surface area contributed by atoms with Gasteiger partial charge in [-0.3, -0.25) is 9.69 Å². The number of carbonyl (C=O) groups is 2. The lowest BCUT2D eigenvalue weighted by atomic mass is 10.1. The number of methoxy groups -OCH3 is 1. The van der Waals surface area contributed by atoms with Crippen molar-refractivity contribution < 1.29 is 19.1 Å². The fourth-order valence-corrected chi connectivity index (χ4v) is 4.58. The fourth-order valence-electron chi connectivity index (χ4n) is 4.58. The number of anilines is 2. The fraction of sp³-hybridized carbons (Fsp3) is 0.500. The van der Waals surface area contributed by atoms with Crippen molar-refractivity contribution in [2.45, 2.75) is 31.7 Å². The number of nitrogens with zero attached hydrogens (tertiary/aromatic N) is 5. The highest BCUT2D eigenvalue weighted by molar-refractivity contribution is 5.95. The highest BCUT2D eigenvalue weighted by Gasteiger charge is 2.35. The Morgan fingerprint density at radius 2 is 1.94 bits per heavy atom. The molecule has 9 nitrogen and oxygen atoms in total. The van der Waals surface area contributed by atoms with Crippen LogP contribution in [-0.2, 0) is 9.47 Å². The van der Waals surface area contributed by atoms with Crippen molar-refractivity contribution >= 4 is 23.6 Å². The summed E-state index contributed by atoms with van der Waals surface area (Å²) in [5.74, 6) is 2.11. The van der Waals surface area contributed by atoms with Crippen molar-refractivity contribution in [1.82, 2.24) is 14.9 Å². The summed E-state index contributed by atoms with van der Waals surface area (Å²) in [5.41, 5.74) is 3.05. The maximum Gasteiger partial charge on any atom is 0.416 e. The molecule has 2 aromatic heterocycles. The Hall–Kier alpha value is -3.20. The van der Waals surface area contributed by atoms with Gasteiger partial charge in [0.1, 0.15) is 18.2 Å². The SMILES string of the molecule is COCC1COC(=O)N1c1ccc(C(=O)N2CCN(c3ncc(C4CC4)cc3C)CC2)cn1. The Balaban J connectivity index is 1.21. The third-order valence-electron chi connectivity index (χ3n) is 6.55. The predicted octanol–water partition coefficient (Wildman–Crippen LogP) is 2.60. The predicted molar refractivity (Wildman–Crippen MR) is 123 cm³/mol. The second kappa shape index (κ2) is 8.97. The molecule has 33 heavy (non-hydrogen) atoms. The van der Waals surface area contributed by atoms with E-state index in [0.717, 1.165) is 18.9 Å². The minimum Gasteiger partial charge on any atom is -0.447 e. The summed E-state index contributed by atoms with van der Waals surface area (Å²) in [6.07, 6.45) is 5.63. The van der Waals surface area contributed by atoms with Gasteiger partial charge in [-0.25, -0.2) is 14.8 Å². The summed E-state index contributed by atoms with van der Waals surface area (Å²) < 4.78 is 10.3. The molecule has 2 saturated heterocycles. The summed E-state index contributed by atoms with van der Waals surface area (Å²) in [4.78, 5) is 39.8. The van der Waals surface area contributed by atoms with E-state index in [1.807, 2.05) is 11.1 Å². The van der Waals surface area contributed by atoms with E-state index >= 15 is 0 Å². The van der Waals surface area contributed by atoms with Crippen molar-refractivity contribution in [2.24, 2.45) is 0 Å². The van der Waals surface area contributed by atoms with Crippen LogP contribution in [0.4, 0.5) is 16.4 Å². The first-order valence-electron chi connectivity index (χ1n) is 11.5. The smallest absolute Gasteiger partial charge is 0.416 e. The Morgan fingerprint density at radius 3 is 2.58 bits per heavy atom. The standard InChI is InChI=1S/C24H29N5O4/c1-16-11-19(17-3-4-17)13-26-22(16)27-7-9-28(10-8-27)23(30)18-5-6-21(25-12-18)29-20(14-32-2)15-33-24(29)31/h5-6,11-13,17,20H,3-4,7-10,14-15H2,1-2H3. The van der Waals surface area contributed by atoms with Crippen LogP contribution < -0.4 is 9.80 Å². The first-order valence-corrected chi connectivity index (χ1v) is 11.5. The second-order valence-corrected chi connectivity index (χ2v) is 8.92. The van der Waals surface area contributed by atoms with Gasteiger partial charge in [0.25, 0.3) is 5.91 Å². The quantitative estimate of drug-likeness (QED) is 0.667. The van der Waals surface area contributed by atoms with E-state index in [1.54, 1.807) is 19.2 Å². The van der Waals surface area contributed by atoms with Gasteiger partial charge in [0.2, 0.25) is 0 Å². The lowest BCUT2D eigenvalue weighted by molar-refractivity contribution is 0.0746. The zero-order chi connectivity index (χ0) is 22.9. The van der Waals surface area contributed by atoms with Crippen LogP contribution in [0.15, 0.2) is 30.6 Å². The zero-order valence-corrected chi connectivity index (χ0v) is 19.1. The number of hydrogen-bond donors (Lipinski definition) is 0. The van der Waals surface area contributed by atoms with Crippen molar-refractivity contribution in [3.05, 3.63) is 47.3 Å². The average Bonchev–Trinajstić information content (AvgIpc) is 3.63. The van der Waals surface area contributed by atoms with Crippen LogP contribution in [0.25, 0.3) is 0 Å². The van der Waals surface area contributed by atoms with Crippen LogP contribution in [0.3, 0.4) is 0 Å². The highest BCUT2D eigenvalue weighted by Crippen LogP contribution is 2.40. The molecule has 0 N–H and O–H groups in total. The van der Waals surface area contributed by atoms with Gasteiger partial charge in [0.15, 0.2) is 0 Å². The lowest BCUT2D eigenvalue weighted by Gasteiger charge is -2.36.